The summed E-state index contributed by atoms with van der Waals surface area (Å²) < 4.78 is 37.8. The van der Waals surface area contributed by atoms with Gasteiger partial charge in [0.15, 0.2) is 9.84 Å². The smallest absolute Gasteiger partial charge is 0.180 e. The molecule has 196 valence electrons. The Bertz CT molecular complexity index is 1600. The van der Waals surface area contributed by atoms with Crippen LogP contribution in [0.5, 0.6) is 11.5 Å². The van der Waals surface area contributed by atoms with Crippen molar-refractivity contribution in [2.24, 2.45) is 5.73 Å². The number of nitrogens with two attached hydrogens (primary N) is 1. The van der Waals surface area contributed by atoms with Gasteiger partial charge in [-0.2, -0.15) is 0 Å². The lowest BCUT2D eigenvalue weighted by Crippen LogP contribution is -2.61. The first-order valence-corrected chi connectivity index (χ1v) is 14.3. The summed E-state index contributed by atoms with van der Waals surface area (Å²) in [7, 11) is -3.51. The van der Waals surface area contributed by atoms with E-state index in [1.807, 2.05) is 72.5 Å². The highest BCUT2D eigenvalue weighted by Crippen LogP contribution is 2.34. The van der Waals surface area contributed by atoms with Crippen LogP contribution in [0.15, 0.2) is 77.7 Å². The van der Waals surface area contributed by atoms with E-state index in [0.717, 1.165) is 27.7 Å². The molecule has 6 rings (SSSR count). The average molecular weight is 531 g/mol. The standard InChI is InChI=1S/C29H30N4O4S/c1-20-7-10-25-24(13-20)26(31-17-29(30)18-36-19-29)15-28(32-25)33-11-12-38(34,35)27-14-23(9-8-21(27)16-33)37-22-5-3-2-4-6-22/h2-10,13-15H,11-12,16-19,30H2,1H3,(H,31,32). The number of ether oxygens (including phenoxy) is 2. The molecule has 2 aliphatic rings. The number of anilines is 2. The highest BCUT2D eigenvalue weighted by atomic mass is 32.2. The predicted molar refractivity (Wildman–Crippen MR) is 149 cm³/mol. The van der Waals surface area contributed by atoms with Crippen molar-refractivity contribution in [1.82, 2.24) is 4.98 Å². The molecule has 38 heavy (non-hydrogen) atoms. The number of sulfone groups is 1. The van der Waals surface area contributed by atoms with Gasteiger partial charge in [0.1, 0.15) is 17.3 Å². The average Bonchev–Trinajstić information content (AvgIpc) is 3.02. The zero-order valence-electron chi connectivity index (χ0n) is 21.2. The van der Waals surface area contributed by atoms with Crippen LogP contribution in [0.2, 0.25) is 0 Å². The summed E-state index contributed by atoms with van der Waals surface area (Å²) >= 11 is 0. The molecule has 9 heteroatoms. The Morgan fingerprint density at radius 3 is 2.63 bits per heavy atom. The molecule has 0 spiro atoms. The Balaban J connectivity index is 1.34. The molecule has 3 heterocycles. The van der Waals surface area contributed by atoms with E-state index in [0.29, 0.717) is 55.1 Å². The number of nitrogens with one attached hydrogen (secondary N) is 1. The summed E-state index contributed by atoms with van der Waals surface area (Å²) in [6.45, 7) is 4.40. The third-order valence-electron chi connectivity index (χ3n) is 7.03. The highest BCUT2D eigenvalue weighted by molar-refractivity contribution is 7.91. The van der Waals surface area contributed by atoms with E-state index in [1.54, 1.807) is 6.07 Å². The number of fused-ring (bicyclic) bond motifs is 2. The van der Waals surface area contributed by atoms with E-state index in [-0.39, 0.29) is 5.75 Å². The van der Waals surface area contributed by atoms with Gasteiger partial charge < -0.3 is 25.4 Å². The Kier molecular flexibility index (Phi) is 6.22. The number of nitrogens with zero attached hydrogens (tertiary/aromatic N) is 2. The summed E-state index contributed by atoms with van der Waals surface area (Å²) in [5.74, 6) is 1.85. The van der Waals surface area contributed by atoms with Crippen molar-refractivity contribution in [2.75, 3.05) is 42.3 Å². The van der Waals surface area contributed by atoms with Crippen molar-refractivity contribution in [2.45, 2.75) is 23.9 Å². The second kappa shape index (κ2) is 9.58. The number of hydrogen-bond donors (Lipinski definition) is 2. The second-order valence-corrected chi connectivity index (χ2v) is 12.3. The number of rotatable bonds is 6. The minimum Gasteiger partial charge on any atom is -0.457 e. The predicted octanol–water partition coefficient (Wildman–Crippen LogP) is 4.27. The number of hydrogen-bond acceptors (Lipinski definition) is 8. The minimum atomic E-state index is -3.51. The molecule has 3 N–H and O–H groups in total. The van der Waals surface area contributed by atoms with Crippen molar-refractivity contribution in [3.63, 3.8) is 0 Å². The van der Waals surface area contributed by atoms with Gasteiger partial charge in [0.05, 0.1) is 34.9 Å². The van der Waals surface area contributed by atoms with E-state index < -0.39 is 15.4 Å². The maximum atomic E-state index is 13.3. The second-order valence-electron chi connectivity index (χ2n) is 10.2. The lowest BCUT2D eigenvalue weighted by molar-refractivity contribution is -0.0461. The fourth-order valence-electron chi connectivity index (χ4n) is 4.84. The van der Waals surface area contributed by atoms with Crippen LogP contribution in [0.3, 0.4) is 0 Å². The fraction of sp³-hybridized carbons (Fsp3) is 0.276. The number of para-hydroxylation sites is 1. The zero-order chi connectivity index (χ0) is 26.3. The molecule has 0 amide bonds. The normalized spacial score (nSPS) is 17.8. The first-order valence-electron chi connectivity index (χ1n) is 12.6. The quantitative estimate of drug-likeness (QED) is 0.381. The lowest BCUT2D eigenvalue weighted by Gasteiger charge is -2.38. The molecule has 0 bridgehead atoms. The Morgan fingerprint density at radius 1 is 1.05 bits per heavy atom. The van der Waals surface area contributed by atoms with Gasteiger partial charge in [-0.25, -0.2) is 13.4 Å². The third kappa shape index (κ3) is 4.92. The molecule has 1 saturated heterocycles. The van der Waals surface area contributed by atoms with Crippen LogP contribution in [0, 0.1) is 6.92 Å². The van der Waals surface area contributed by atoms with Crippen LogP contribution in [-0.4, -0.2) is 51.0 Å². The third-order valence-corrected chi connectivity index (χ3v) is 8.80. The van der Waals surface area contributed by atoms with Crippen LogP contribution in [0.25, 0.3) is 10.9 Å². The van der Waals surface area contributed by atoms with E-state index in [9.17, 15) is 8.42 Å². The van der Waals surface area contributed by atoms with E-state index in [1.165, 1.54) is 0 Å². The molecule has 0 radical (unpaired) electrons. The fourth-order valence-corrected chi connectivity index (χ4v) is 6.34. The zero-order valence-corrected chi connectivity index (χ0v) is 22.0. The molecule has 1 aromatic heterocycles. The lowest BCUT2D eigenvalue weighted by atomic mass is 9.99. The minimum absolute atomic E-state index is 0.0194. The Hall–Kier alpha value is -3.66. The highest BCUT2D eigenvalue weighted by Gasteiger charge is 2.34. The largest absolute Gasteiger partial charge is 0.457 e. The maximum absolute atomic E-state index is 13.3. The Morgan fingerprint density at radius 2 is 1.87 bits per heavy atom. The SMILES string of the molecule is Cc1ccc2nc(N3CCS(=O)(=O)c4cc(Oc5ccccc5)ccc4C3)cc(NCC3(N)COC3)c2c1. The molecule has 2 aliphatic heterocycles. The van der Waals surface area contributed by atoms with Gasteiger partial charge in [-0.3, -0.25) is 0 Å². The van der Waals surface area contributed by atoms with E-state index in [2.05, 4.69) is 11.4 Å². The van der Waals surface area contributed by atoms with Crippen LogP contribution in [0.4, 0.5) is 11.5 Å². The first kappa shape index (κ1) is 24.7. The monoisotopic (exact) mass is 530 g/mol. The number of pyridine rings is 1. The van der Waals surface area contributed by atoms with Gasteiger partial charge in [0.25, 0.3) is 0 Å². The summed E-state index contributed by atoms with van der Waals surface area (Å²) in [4.78, 5) is 7.25. The molecule has 0 saturated carbocycles. The van der Waals surface area contributed by atoms with E-state index >= 15 is 0 Å². The van der Waals surface area contributed by atoms with Crippen molar-refractivity contribution in [1.29, 1.82) is 0 Å². The van der Waals surface area contributed by atoms with E-state index in [4.69, 9.17) is 20.2 Å². The van der Waals surface area contributed by atoms with Crippen molar-refractivity contribution < 1.29 is 17.9 Å². The summed E-state index contributed by atoms with van der Waals surface area (Å²) in [5.41, 5.74) is 9.59. The van der Waals surface area contributed by atoms with Gasteiger partial charge in [0.2, 0.25) is 0 Å². The van der Waals surface area contributed by atoms with Crippen LogP contribution in [-0.2, 0) is 21.1 Å². The molecular weight excluding hydrogens is 500 g/mol. The molecule has 0 aliphatic carbocycles. The Labute approximate surface area is 222 Å². The van der Waals surface area contributed by atoms with Crippen LogP contribution >= 0.6 is 0 Å². The number of benzene rings is 3. The summed E-state index contributed by atoms with van der Waals surface area (Å²) in [6, 6.07) is 22.7. The van der Waals surface area contributed by atoms with Crippen LogP contribution in [0.1, 0.15) is 11.1 Å². The molecule has 0 unspecified atom stereocenters. The van der Waals surface area contributed by atoms with Gasteiger partial charge in [0, 0.05) is 36.8 Å². The van der Waals surface area contributed by atoms with Crippen molar-refractivity contribution >= 4 is 32.2 Å². The summed E-state index contributed by atoms with van der Waals surface area (Å²) in [5, 5.41) is 4.51. The molecule has 3 aromatic carbocycles. The molecule has 8 nitrogen and oxygen atoms in total. The molecule has 0 atom stereocenters. The summed E-state index contributed by atoms with van der Waals surface area (Å²) in [6.07, 6.45) is 0. The molecule has 4 aromatic rings. The number of aryl methyl sites for hydroxylation is 1. The van der Waals surface area contributed by atoms with Gasteiger partial charge in [-0.05, 0) is 48.9 Å². The van der Waals surface area contributed by atoms with Crippen molar-refractivity contribution in [3.8, 4) is 11.5 Å². The van der Waals surface area contributed by atoms with Gasteiger partial charge in [-0.15, -0.1) is 0 Å². The molecular formula is C29H30N4O4S. The van der Waals surface area contributed by atoms with Gasteiger partial charge >= 0.3 is 0 Å². The van der Waals surface area contributed by atoms with Crippen LogP contribution < -0.4 is 20.7 Å². The number of aromatic nitrogens is 1. The van der Waals surface area contributed by atoms with Gasteiger partial charge in [-0.1, -0.05) is 35.9 Å². The first-order chi connectivity index (χ1) is 18.3. The topological polar surface area (TPSA) is 107 Å². The molecule has 1 fully saturated rings. The maximum Gasteiger partial charge on any atom is 0.180 e. The van der Waals surface area contributed by atoms with Crippen molar-refractivity contribution in [3.05, 3.63) is 83.9 Å².